The molecule has 1 heterocycles. The minimum Gasteiger partial charge on any atom is -0.508 e. The molecule has 1 amide bonds. The Morgan fingerprint density at radius 3 is 2.62 bits per heavy atom. The highest BCUT2D eigenvalue weighted by molar-refractivity contribution is 8.26. The zero-order valence-corrected chi connectivity index (χ0v) is 14.6. The van der Waals surface area contributed by atoms with Crippen molar-refractivity contribution in [2.24, 2.45) is 5.10 Å². The Labute approximate surface area is 153 Å². The molecular formula is C17H11ClN2O2S2. The first kappa shape index (κ1) is 16.7. The minimum absolute atomic E-state index is 0.139. The van der Waals surface area contributed by atoms with Gasteiger partial charge in [0.1, 0.15) is 5.75 Å². The Morgan fingerprint density at radius 1 is 1.17 bits per heavy atom. The fourth-order valence-electron chi connectivity index (χ4n) is 2.00. The van der Waals surface area contributed by atoms with Gasteiger partial charge in [-0.1, -0.05) is 47.6 Å². The lowest BCUT2D eigenvalue weighted by Gasteiger charge is -2.06. The summed E-state index contributed by atoms with van der Waals surface area (Å²) < 4.78 is 0.358. The molecule has 3 rings (SSSR count). The third-order valence-corrected chi connectivity index (χ3v) is 4.67. The molecule has 2 aromatic carbocycles. The highest BCUT2D eigenvalue weighted by Crippen LogP contribution is 2.33. The summed E-state index contributed by atoms with van der Waals surface area (Å²) in [6.45, 7) is 0. The molecule has 0 saturated carbocycles. The molecule has 120 valence electrons. The van der Waals surface area contributed by atoms with Gasteiger partial charge in [0, 0.05) is 5.02 Å². The van der Waals surface area contributed by atoms with Crippen molar-refractivity contribution in [2.75, 3.05) is 0 Å². The van der Waals surface area contributed by atoms with E-state index < -0.39 is 0 Å². The van der Waals surface area contributed by atoms with Gasteiger partial charge >= 0.3 is 0 Å². The number of phenolic OH excluding ortho intramolecular Hbond substituents is 1. The molecule has 2 aromatic rings. The van der Waals surface area contributed by atoms with Crippen LogP contribution in [0.5, 0.6) is 5.75 Å². The molecule has 0 aliphatic carbocycles. The molecule has 0 radical (unpaired) electrons. The van der Waals surface area contributed by atoms with E-state index in [1.807, 2.05) is 0 Å². The van der Waals surface area contributed by atoms with Crippen molar-refractivity contribution >= 4 is 58.1 Å². The van der Waals surface area contributed by atoms with Crippen LogP contribution in [0.15, 0.2) is 58.5 Å². The van der Waals surface area contributed by atoms with Crippen LogP contribution in [0.4, 0.5) is 0 Å². The van der Waals surface area contributed by atoms with Gasteiger partial charge in [0.25, 0.3) is 5.91 Å². The molecule has 0 bridgehead atoms. The van der Waals surface area contributed by atoms with Gasteiger partial charge in [-0.25, -0.2) is 0 Å². The molecule has 0 spiro atoms. The summed E-state index contributed by atoms with van der Waals surface area (Å²) >= 11 is 12.2. The monoisotopic (exact) mass is 374 g/mol. The standard InChI is InChI=1S/C17H11ClN2O2S2/c18-13-6-4-11(5-7-13)10-19-20-16(22)15(24-17(20)23)9-12-2-1-3-14(21)8-12/h1-10,21H/b15-9+,19-10+. The quantitative estimate of drug-likeness (QED) is 0.495. The first-order valence-electron chi connectivity index (χ1n) is 6.89. The SMILES string of the molecule is O=C1/C(=C\c2cccc(O)c2)SC(=S)N1/N=C/c1ccc(Cl)cc1. The van der Waals surface area contributed by atoms with E-state index in [9.17, 15) is 9.90 Å². The maximum Gasteiger partial charge on any atom is 0.286 e. The first-order valence-corrected chi connectivity index (χ1v) is 8.50. The van der Waals surface area contributed by atoms with E-state index in [-0.39, 0.29) is 11.7 Å². The van der Waals surface area contributed by atoms with Crippen LogP contribution in [0.25, 0.3) is 6.08 Å². The number of rotatable bonds is 3. The van der Waals surface area contributed by atoms with E-state index in [0.717, 1.165) is 11.1 Å². The van der Waals surface area contributed by atoms with Gasteiger partial charge in [0.15, 0.2) is 4.32 Å². The van der Waals surface area contributed by atoms with Crippen LogP contribution < -0.4 is 0 Å². The summed E-state index contributed by atoms with van der Waals surface area (Å²) in [6.07, 6.45) is 3.23. The average molecular weight is 375 g/mol. The normalized spacial score (nSPS) is 16.5. The van der Waals surface area contributed by atoms with Gasteiger partial charge < -0.3 is 5.11 Å². The Kier molecular flexibility index (Phi) is 4.99. The van der Waals surface area contributed by atoms with E-state index in [2.05, 4.69) is 5.10 Å². The number of benzene rings is 2. The maximum atomic E-state index is 12.4. The smallest absolute Gasteiger partial charge is 0.286 e. The van der Waals surface area contributed by atoms with Crippen LogP contribution in [-0.4, -0.2) is 26.6 Å². The maximum absolute atomic E-state index is 12.4. The molecule has 1 N–H and O–H groups in total. The van der Waals surface area contributed by atoms with Crippen molar-refractivity contribution in [1.82, 2.24) is 5.01 Å². The molecule has 0 aromatic heterocycles. The van der Waals surface area contributed by atoms with Crippen LogP contribution in [0.1, 0.15) is 11.1 Å². The first-order chi connectivity index (χ1) is 11.5. The number of thioether (sulfide) groups is 1. The van der Waals surface area contributed by atoms with E-state index in [0.29, 0.717) is 14.2 Å². The predicted octanol–water partition coefficient (Wildman–Crippen LogP) is 4.28. The van der Waals surface area contributed by atoms with Crippen LogP contribution >= 0.6 is 35.6 Å². The third-order valence-electron chi connectivity index (χ3n) is 3.13. The summed E-state index contributed by atoms with van der Waals surface area (Å²) in [6, 6.07) is 13.7. The molecule has 24 heavy (non-hydrogen) atoms. The second-order valence-electron chi connectivity index (χ2n) is 4.88. The molecule has 4 nitrogen and oxygen atoms in total. The fourth-order valence-corrected chi connectivity index (χ4v) is 3.30. The number of carbonyl (C=O) groups excluding carboxylic acids is 1. The van der Waals surface area contributed by atoms with E-state index in [1.54, 1.807) is 60.8 Å². The Bertz CT molecular complexity index is 863. The van der Waals surface area contributed by atoms with E-state index >= 15 is 0 Å². The molecule has 1 aliphatic heterocycles. The Balaban J connectivity index is 1.80. The fraction of sp³-hybridized carbons (Fsp3) is 0. The van der Waals surface area contributed by atoms with Crippen LogP contribution in [-0.2, 0) is 4.79 Å². The number of nitrogens with zero attached hydrogens (tertiary/aromatic N) is 2. The van der Waals surface area contributed by atoms with E-state index in [4.69, 9.17) is 23.8 Å². The second kappa shape index (κ2) is 7.17. The number of thiocarbonyl (C=S) groups is 1. The zero-order chi connectivity index (χ0) is 17.1. The number of hydrazone groups is 1. The van der Waals surface area contributed by atoms with Crippen LogP contribution in [0.3, 0.4) is 0 Å². The number of hydrogen-bond acceptors (Lipinski definition) is 5. The molecule has 7 heteroatoms. The summed E-state index contributed by atoms with van der Waals surface area (Å²) in [7, 11) is 0. The molecule has 0 atom stereocenters. The van der Waals surface area contributed by atoms with Crippen molar-refractivity contribution in [3.8, 4) is 5.75 Å². The van der Waals surface area contributed by atoms with E-state index in [1.165, 1.54) is 16.8 Å². The summed E-state index contributed by atoms with van der Waals surface area (Å²) in [4.78, 5) is 12.9. The Morgan fingerprint density at radius 2 is 1.92 bits per heavy atom. The number of aromatic hydroxyl groups is 1. The number of phenols is 1. The highest BCUT2D eigenvalue weighted by atomic mass is 35.5. The van der Waals surface area contributed by atoms with Crippen molar-refractivity contribution in [2.45, 2.75) is 0 Å². The topological polar surface area (TPSA) is 52.9 Å². The van der Waals surface area contributed by atoms with Crippen molar-refractivity contribution in [3.63, 3.8) is 0 Å². The highest BCUT2D eigenvalue weighted by Gasteiger charge is 2.32. The largest absolute Gasteiger partial charge is 0.508 e. The second-order valence-corrected chi connectivity index (χ2v) is 7.00. The number of carbonyl (C=O) groups is 1. The minimum atomic E-state index is -0.293. The van der Waals surface area contributed by atoms with Gasteiger partial charge in [-0.15, -0.1) is 0 Å². The van der Waals surface area contributed by atoms with Crippen molar-refractivity contribution in [1.29, 1.82) is 0 Å². The predicted molar refractivity (Wildman–Crippen MR) is 102 cm³/mol. The molecular weight excluding hydrogens is 364 g/mol. The number of halogens is 1. The summed E-state index contributed by atoms with van der Waals surface area (Å²) in [5.41, 5.74) is 1.53. The lowest BCUT2D eigenvalue weighted by Crippen LogP contribution is -2.22. The third kappa shape index (κ3) is 3.84. The van der Waals surface area contributed by atoms with Gasteiger partial charge in [0.2, 0.25) is 0 Å². The van der Waals surface area contributed by atoms with Crippen LogP contribution in [0, 0.1) is 0 Å². The summed E-state index contributed by atoms with van der Waals surface area (Å²) in [5.74, 6) is -0.154. The Hall–Kier alpha value is -2.15. The number of amides is 1. The van der Waals surface area contributed by atoms with Gasteiger partial charge in [-0.2, -0.15) is 10.1 Å². The molecule has 1 aliphatic rings. The summed E-state index contributed by atoms with van der Waals surface area (Å²) in [5, 5.41) is 15.5. The molecule has 1 saturated heterocycles. The van der Waals surface area contributed by atoms with Gasteiger partial charge in [0.05, 0.1) is 11.1 Å². The number of hydrogen-bond donors (Lipinski definition) is 1. The average Bonchev–Trinajstić information content (AvgIpc) is 2.81. The molecule has 1 fully saturated rings. The van der Waals surface area contributed by atoms with Crippen molar-refractivity contribution < 1.29 is 9.90 Å². The van der Waals surface area contributed by atoms with Gasteiger partial charge in [-0.3, -0.25) is 4.79 Å². The van der Waals surface area contributed by atoms with Gasteiger partial charge in [-0.05, 0) is 53.7 Å². The lowest BCUT2D eigenvalue weighted by molar-refractivity contribution is -0.122. The van der Waals surface area contributed by atoms with Crippen LogP contribution in [0.2, 0.25) is 5.02 Å². The van der Waals surface area contributed by atoms with Crippen molar-refractivity contribution in [3.05, 3.63) is 69.6 Å². The zero-order valence-electron chi connectivity index (χ0n) is 12.2. The lowest BCUT2D eigenvalue weighted by atomic mass is 10.2. The molecule has 0 unspecified atom stereocenters.